The summed E-state index contributed by atoms with van der Waals surface area (Å²) in [6.07, 6.45) is -8.00. The van der Waals surface area contributed by atoms with E-state index in [1.807, 2.05) is 0 Å². The predicted molar refractivity (Wildman–Crippen MR) is 81.9 cm³/mol. The Bertz CT molecular complexity index is 512. The molecule has 0 fully saturated rings. The van der Waals surface area contributed by atoms with Crippen LogP contribution < -0.4 is 0 Å². The Morgan fingerprint density at radius 2 is 1.04 bits per heavy atom. The quantitative estimate of drug-likeness (QED) is 0.146. The van der Waals surface area contributed by atoms with Crippen LogP contribution in [0.5, 0.6) is 0 Å². The number of hydrogen-bond donors (Lipinski definition) is 0. The fourth-order valence-corrected chi connectivity index (χ4v) is 3.75. The zero-order chi connectivity index (χ0) is 23.0. The van der Waals surface area contributed by atoms with Crippen molar-refractivity contribution in [2.24, 2.45) is 5.92 Å². The van der Waals surface area contributed by atoms with Crippen LogP contribution in [-0.2, 0) is 0 Å². The first kappa shape index (κ1) is 27.8. The van der Waals surface area contributed by atoms with Gasteiger partial charge >= 0.3 is 35.8 Å². The maximum Gasteiger partial charge on any atom is 0.460 e. The second-order valence-corrected chi connectivity index (χ2v) is 7.69. The summed E-state index contributed by atoms with van der Waals surface area (Å²) in [7, 11) is 0. The molecular weight excluding hydrogens is 542 g/mol. The van der Waals surface area contributed by atoms with Gasteiger partial charge in [-0.05, 0) is 12.8 Å². The fraction of sp³-hybridized carbons (Fsp3) is 1.00. The van der Waals surface area contributed by atoms with Crippen LogP contribution in [0.3, 0.4) is 0 Å². The Morgan fingerprint density at radius 1 is 0.643 bits per heavy atom. The number of alkyl halides is 14. The molecule has 14 heteroatoms. The van der Waals surface area contributed by atoms with Crippen molar-refractivity contribution in [1.82, 2.24) is 0 Å². The van der Waals surface area contributed by atoms with Crippen molar-refractivity contribution >= 4 is 22.6 Å². The van der Waals surface area contributed by atoms with Crippen molar-refractivity contribution in [2.75, 3.05) is 0 Å². The third-order valence-corrected chi connectivity index (χ3v) is 5.62. The van der Waals surface area contributed by atoms with E-state index >= 15 is 0 Å². The average molecular weight is 558 g/mol. The van der Waals surface area contributed by atoms with Crippen molar-refractivity contribution in [3.8, 4) is 0 Å². The van der Waals surface area contributed by atoms with Gasteiger partial charge in [-0.25, -0.2) is 0 Å². The summed E-state index contributed by atoms with van der Waals surface area (Å²) in [6, 6.07) is 0. The first-order chi connectivity index (χ1) is 12.2. The molecular formula is C14H16F13I. The standard InChI is InChI=1S/C14H16F13I/c1-3-5-6-8(28)7(4-2)9(15,16)10(17,18)11(19,20)12(21,22)13(23,24)14(25,26)27/h7-8H,3-6H2,1-2H3. The molecule has 0 nitrogen and oxygen atoms in total. The molecule has 2 atom stereocenters. The predicted octanol–water partition coefficient (Wildman–Crippen LogP) is 7.75. The molecule has 0 bridgehead atoms. The number of unbranched alkanes of at least 4 members (excludes halogenated alkanes) is 1. The first-order valence-electron chi connectivity index (χ1n) is 7.78. The van der Waals surface area contributed by atoms with Gasteiger partial charge in [0.1, 0.15) is 0 Å². The van der Waals surface area contributed by atoms with Crippen molar-refractivity contribution in [3.63, 3.8) is 0 Å². The van der Waals surface area contributed by atoms with Crippen LogP contribution in [-0.4, -0.2) is 39.7 Å². The van der Waals surface area contributed by atoms with Crippen LogP contribution in [0.15, 0.2) is 0 Å². The van der Waals surface area contributed by atoms with E-state index in [4.69, 9.17) is 0 Å². The summed E-state index contributed by atoms with van der Waals surface area (Å²) in [6.45, 7) is 2.41. The fourth-order valence-electron chi connectivity index (χ4n) is 2.35. The molecule has 0 spiro atoms. The Balaban J connectivity index is 6.29. The molecule has 0 rings (SSSR count). The summed E-state index contributed by atoms with van der Waals surface area (Å²) < 4.78 is 170. The molecule has 0 aromatic heterocycles. The lowest BCUT2D eigenvalue weighted by Gasteiger charge is -2.42. The zero-order valence-corrected chi connectivity index (χ0v) is 16.4. The van der Waals surface area contributed by atoms with Crippen LogP contribution in [0.25, 0.3) is 0 Å². The number of halogens is 14. The molecule has 2 unspecified atom stereocenters. The van der Waals surface area contributed by atoms with E-state index in [1.165, 1.54) is 22.6 Å². The highest BCUT2D eigenvalue weighted by molar-refractivity contribution is 14.1. The normalized spacial score (nSPS) is 17.6. The van der Waals surface area contributed by atoms with E-state index in [2.05, 4.69) is 0 Å². The summed E-state index contributed by atoms with van der Waals surface area (Å²) in [5.74, 6) is -39.1. The Kier molecular flexibility index (Phi) is 8.46. The Hall–Kier alpha value is -0.180. The molecule has 0 heterocycles. The molecule has 0 aromatic rings. The first-order valence-corrected chi connectivity index (χ1v) is 9.02. The molecule has 0 aliphatic carbocycles. The van der Waals surface area contributed by atoms with Crippen LogP contribution in [0, 0.1) is 5.92 Å². The van der Waals surface area contributed by atoms with Gasteiger partial charge in [0.2, 0.25) is 0 Å². The van der Waals surface area contributed by atoms with Gasteiger partial charge in [-0.3, -0.25) is 0 Å². The third kappa shape index (κ3) is 4.30. The largest absolute Gasteiger partial charge is 0.460 e. The van der Waals surface area contributed by atoms with Crippen molar-refractivity contribution in [2.45, 2.75) is 79.2 Å². The minimum absolute atomic E-state index is 0.171. The third-order valence-electron chi connectivity index (χ3n) is 4.13. The minimum Gasteiger partial charge on any atom is -0.199 e. The molecule has 0 aliphatic rings. The van der Waals surface area contributed by atoms with E-state index in [0.717, 1.165) is 6.92 Å². The van der Waals surface area contributed by atoms with Gasteiger partial charge < -0.3 is 0 Å². The Labute approximate surface area is 165 Å². The maximum absolute atomic E-state index is 14.2. The summed E-state index contributed by atoms with van der Waals surface area (Å²) in [5.41, 5.74) is 0. The Morgan fingerprint density at radius 3 is 1.36 bits per heavy atom. The van der Waals surface area contributed by atoms with Gasteiger partial charge in [-0.2, -0.15) is 57.1 Å². The highest BCUT2D eigenvalue weighted by Crippen LogP contribution is 2.62. The van der Waals surface area contributed by atoms with Crippen molar-refractivity contribution in [1.29, 1.82) is 0 Å². The number of rotatable bonds is 10. The molecule has 0 N–H and O–H groups in total. The van der Waals surface area contributed by atoms with E-state index in [-0.39, 0.29) is 12.8 Å². The molecule has 0 aromatic carbocycles. The molecule has 170 valence electrons. The molecule has 28 heavy (non-hydrogen) atoms. The van der Waals surface area contributed by atoms with Gasteiger partial charge in [0.25, 0.3) is 0 Å². The molecule has 0 amide bonds. The second kappa shape index (κ2) is 8.52. The van der Waals surface area contributed by atoms with E-state index in [9.17, 15) is 57.1 Å². The lowest BCUT2D eigenvalue weighted by molar-refractivity contribution is -0.443. The van der Waals surface area contributed by atoms with Crippen LogP contribution in [0.4, 0.5) is 57.1 Å². The van der Waals surface area contributed by atoms with E-state index < -0.39 is 52.1 Å². The monoisotopic (exact) mass is 558 g/mol. The average Bonchev–Trinajstić information content (AvgIpc) is 2.51. The maximum atomic E-state index is 14.2. The smallest absolute Gasteiger partial charge is 0.199 e. The van der Waals surface area contributed by atoms with Gasteiger partial charge in [0, 0.05) is 9.84 Å². The molecule has 0 saturated carbocycles. The summed E-state index contributed by atoms with van der Waals surface area (Å²) in [5, 5.41) is 0. The van der Waals surface area contributed by atoms with Crippen LogP contribution in [0.2, 0.25) is 0 Å². The van der Waals surface area contributed by atoms with E-state index in [1.54, 1.807) is 6.92 Å². The van der Waals surface area contributed by atoms with Crippen molar-refractivity contribution in [3.05, 3.63) is 0 Å². The lowest BCUT2D eigenvalue weighted by Crippen LogP contribution is -2.71. The second-order valence-electron chi connectivity index (χ2n) is 6.09. The van der Waals surface area contributed by atoms with E-state index in [0.29, 0.717) is 6.42 Å². The van der Waals surface area contributed by atoms with Gasteiger partial charge in [-0.15, -0.1) is 0 Å². The topological polar surface area (TPSA) is 0 Å². The van der Waals surface area contributed by atoms with Gasteiger partial charge in [0.05, 0.1) is 0 Å². The van der Waals surface area contributed by atoms with Crippen molar-refractivity contribution < 1.29 is 57.1 Å². The highest BCUT2D eigenvalue weighted by atomic mass is 127. The zero-order valence-electron chi connectivity index (χ0n) is 14.3. The summed E-state index contributed by atoms with van der Waals surface area (Å²) >= 11 is 1.20. The molecule has 0 radical (unpaired) electrons. The lowest BCUT2D eigenvalue weighted by atomic mass is 9.83. The van der Waals surface area contributed by atoms with Gasteiger partial charge in [0.15, 0.2) is 0 Å². The highest BCUT2D eigenvalue weighted by Gasteiger charge is 2.91. The molecule has 0 saturated heterocycles. The van der Waals surface area contributed by atoms with Gasteiger partial charge in [-0.1, -0.05) is 49.3 Å². The van der Waals surface area contributed by atoms with Crippen LogP contribution >= 0.6 is 22.6 Å². The number of hydrogen-bond acceptors (Lipinski definition) is 0. The minimum atomic E-state index is -7.84. The van der Waals surface area contributed by atoms with Crippen LogP contribution in [0.1, 0.15) is 39.5 Å². The SMILES string of the molecule is CCCCC(I)C(CC)C(F)(F)C(F)(F)C(F)(F)C(F)(F)C(F)(F)C(F)(F)F. The molecule has 0 aliphatic heterocycles. The summed E-state index contributed by atoms with van der Waals surface area (Å²) in [4.78, 5) is 0.